The van der Waals surface area contributed by atoms with Crippen molar-refractivity contribution in [2.75, 3.05) is 7.05 Å². The number of hydrogen-bond donors (Lipinski definition) is 1. The number of nitrogens with one attached hydrogen (secondary N) is 1. The van der Waals surface area contributed by atoms with E-state index in [4.69, 9.17) is 4.42 Å². The maximum Gasteiger partial charge on any atom is 0.254 e. The molecule has 1 N–H and O–H groups in total. The van der Waals surface area contributed by atoms with Crippen LogP contribution in [-0.2, 0) is 16.0 Å². The maximum absolute atomic E-state index is 12.6. The first-order valence-electron chi connectivity index (χ1n) is 8.19. The average Bonchev–Trinajstić information content (AvgIpc) is 3.24. The fourth-order valence-corrected chi connectivity index (χ4v) is 2.94. The van der Waals surface area contributed by atoms with Crippen molar-refractivity contribution >= 4 is 17.7 Å². The van der Waals surface area contributed by atoms with Gasteiger partial charge in [0.15, 0.2) is 0 Å². The van der Waals surface area contributed by atoms with Gasteiger partial charge >= 0.3 is 0 Å². The predicted molar refractivity (Wildman–Crippen MR) is 90.6 cm³/mol. The van der Waals surface area contributed by atoms with Crippen LogP contribution in [0.2, 0.25) is 0 Å². The first-order valence-corrected chi connectivity index (χ1v) is 8.19. The summed E-state index contributed by atoms with van der Waals surface area (Å²) in [5, 5.41) is 2.31. The number of rotatable bonds is 5. The summed E-state index contributed by atoms with van der Waals surface area (Å²) in [5.74, 6) is -0.156. The molecule has 3 amide bonds. The fourth-order valence-electron chi connectivity index (χ4n) is 2.94. The van der Waals surface area contributed by atoms with Crippen molar-refractivity contribution in [3.63, 3.8) is 0 Å². The third-order valence-electron chi connectivity index (χ3n) is 4.60. The first-order chi connectivity index (χ1) is 12.0. The molecule has 6 nitrogen and oxygen atoms in total. The summed E-state index contributed by atoms with van der Waals surface area (Å²) in [6, 6.07) is 10.6. The van der Waals surface area contributed by atoms with E-state index < -0.39 is 0 Å². The van der Waals surface area contributed by atoms with Gasteiger partial charge in [-0.1, -0.05) is 12.1 Å². The standard InChI is InChI=1S/C19H20N2O4/c1-12(16-4-3-9-25-16)21(2)19(24)14-7-5-13(6-8-14)10-15-11-17(22)20-18(15)23/h3-9,12,15H,10-11H2,1-2H3,(H,20,22,23)/t12-,15-/m1/s1. The number of imide groups is 1. The second kappa shape index (κ2) is 6.93. The summed E-state index contributed by atoms with van der Waals surface area (Å²) >= 11 is 0. The molecule has 0 radical (unpaired) electrons. The van der Waals surface area contributed by atoms with Crippen molar-refractivity contribution in [1.29, 1.82) is 0 Å². The molecule has 1 aromatic carbocycles. The van der Waals surface area contributed by atoms with Crippen molar-refractivity contribution in [3.05, 3.63) is 59.5 Å². The zero-order chi connectivity index (χ0) is 18.0. The SMILES string of the molecule is C[C@H](c1ccco1)N(C)C(=O)c1ccc(C[C@@H]2CC(=O)NC2=O)cc1. The van der Waals surface area contributed by atoms with Gasteiger partial charge in [-0.3, -0.25) is 19.7 Å². The third-order valence-corrected chi connectivity index (χ3v) is 4.60. The quantitative estimate of drug-likeness (QED) is 0.847. The number of nitrogens with zero attached hydrogens (tertiary/aromatic N) is 1. The van der Waals surface area contributed by atoms with Gasteiger partial charge in [0.2, 0.25) is 11.8 Å². The van der Waals surface area contributed by atoms with Crippen molar-refractivity contribution in [2.45, 2.75) is 25.8 Å². The highest BCUT2D eigenvalue weighted by Crippen LogP contribution is 2.22. The Morgan fingerprint density at radius 1 is 1.28 bits per heavy atom. The molecule has 0 spiro atoms. The van der Waals surface area contributed by atoms with E-state index in [2.05, 4.69) is 5.32 Å². The number of benzene rings is 1. The van der Waals surface area contributed by atoms with Crippen molar-refractivity contribution < 1.29 is 18.8 Å². The lowest BCUT2D eigenvalue weighted by atomic mass is 9.97. The van der Waals surface area contributed by atoms with E-state index >= 15 is 0 Å². The molecule has 2 atom stereocenters. The number of carbonyl (C=O) groups is 3. The molecule has 1 aliphatic heterocycles. The Labute approximate surface area is 145 Å². The highest BCUT2D eigenvalue weighted by molar-refractivity contribution is 6.03. The number of furan rings is 1. The Bertz CT molecular complexity index is 780. The summed E-state index contributed by atoms with van der Waals surface area (Å²) in [7, 11) is 1.73. The van der Waals surface area contributed by atoms with Crippen LogP contribution >= 0.6 is 0 Å². The molecule has 0 saturated carbocycles. The zero-order valence-corrected chi connectivity index (χ0v) is 14.2. The van der Waals surface area contributed by atoms with Crippen LogP contribution < -0.4 is 5.32 Å². The molecule has 130 valence electrons. The van der Waals surface area contributed by atoms with Gasteiger partial charge < -0.3 is 9.32 Å². The lowest BCUT2D eigenvalue weighted by Crippen LogP contribution is -2.29. The molecule has 2 aromatic rings. The number of carbonyl (C=O) groups excluding carboxylic acids is 3. The molecule has 25 heavy (non-hydrogen) atoms. The van der Waals surface area contributed by atoms with Crippen LogP contribution in [0.4, 0.5) is 0 Å². The average molecular weight is 340 g/mol. The first kappa shape index (κ1) is 17.0. The molecule has 1 fully saturated rings. The minimum Gasteiger partial charge on any atom is -0.467 e. The van der Waals surface area contributed by atoms with E-state index in [1.54, 1.807) is 36.4 Å². The summed E-state index contributed by atoms with van der Waals surface area (Å²) in [4.78, 5) is 37.1. The van der Waals surface area contributed by atoms with E-state index in [0.717, 1.165) is 11.3 Å². The topological polar surface area (TPSA) is 79.6 Å². The number of hydrogen-bond acceptors (Lipinski definition) is 4. The molecule has 0 aliphatic carbocycles. The lowest BCUT2D eigenvalue weighted by Gasteiger charge is -2.23. The van der Waals surface area contributed by atoms with Gasteiger partial charge in [0, 0.05) is 19.0 Å². The minimum absolute atomic E-state index is 0.107. The van der Waals surface area contributed by atoms with Crippen molar-refractivity contribution in [1.82, 2.24) is 10.2 Å². The van der Waals surface area contributed by atoms with E-state index in [1.807, 2.05) is 25.1 Å². The third kappa shape index (κ3) is 3.63. The Morgan fingerprint density at radius 3 is 2.56 bits per heavy atom. The highest BCUT2D eigenvalue weighted by Gasteiger charge is 2.30. The van der Waals surface area contributed by atoms with Gasteiger partial charge in [0.25, 0.3) is 5.91 Å². The Kier molecular flexibility index (Phi) is 4.70. The summed E-state index contributed by atoms with van der Waals surface area (Å²) in [6.07, 6.45) is 2.30. The molecular formula is C19H20N2O4. The van der Waals surface area contributed by atoms with E-state index in [-0.39, 0.29) is 36.1 Å². The van der Waals surface area contributed by atoms with E-state index in [1.165, 1.54) is 0 Å². The minimum atomic E-state index is -0.323. The largest absolute Gasteiger partial charge is 0.467 e. The molecule has 0 unspecified atom stereocenters. The zero-order valence-electron chi connectivity index (χ0n) is 14.2. The monoisotopic (exact) mass is 340 g/mol. The van der Waals surface area contributed by atoms with Crippen LogP contribution in [0, 0.1) is 5.92 Å². The molecule has 2 heterocycles. The molecule has 1 aliphatic rings. The van der Waals surface area contributed by atoms with Crippen molar-refractivity contribution in [3.8, 4) is 0 Å². The van der Waals surface area contributed by atoms with E-state index in [0.29, 0.717) is 12.0 Å². The molecule has 1 saturated heterocycles. The Balaban J connectivity index is 1.66. The summed E-state index contributed by atoms with van der Waals surface area (Å²) in [6.45, 7) is 1.90. The van der Waals surface area contributed by atoms with E-state index in [9.17, 15) is 14.4 Å². The van der Waals surface area contributed by atoms with Crippen LogP contribution in [0.15, 0.2) is 47.1 Å². The lowest BCUT2D eigenvalue weighted by molar-refractivity contribution is -0.125. The van der Waals surface area contributed by atoms with Crippen LogP contribution in [0.3, 0.4) is 0 Å². The van der Waals surface area contributed by atoms with Gasteiger partial charge in [-0.2, -0.15) is 0 Å². The molecule has 3 rings (SSSR count). The van der Waals surface area contributed by atoms with Gasteiger partial charge in [-0.05, 0) is 43.2 Å². The smallest absolute Gasteiger partial charge is 0.254 e. The molecule has 1 aromatic heterocycles. The van der Waals surface area contributed by atoms with Crippen LogP contribution in [0.5, 0.6) is 0 Å². The normalized spacial score (nSPS) is 18.1. The van der Waals surface area contributed by atoms with Crippen LogP contribution in [0.25, 0.3) is 0 Å². The number of amides is 3. The molecule has 6 heteroatoms. The second-order valence-corrected chi connectivity index (χ2v) is 6.32. The maximum atomic E-state index is 12.6. The highest BCUT2D eigenvalue weighted by atomic mass is 16.3. The fraction of sp³-hybridized carbons (Fsp3) is 0.316. The Hall–Kier alpha value is -2.89. The Morgan fingerprint density at radius 2 is 2.00 bits per heavy atom. The summed E-state index contributed by atoms with van der Waals surface area (Å²) in [5.41, 5.74) is 1.49. The summed E-state index contributed by atoms with van der Waals surface area (Å²) < 4.78 is 5.36. The molecular weight excluding hydrogens is 320 g/mol. The van der Waals surface area contributed by atoms with Crippen LogP contribution in [-0.4, -0.2) is 29.7 Å². The molecule has 0 bridgehead atoms. The van der Waals surface area contributed by atoms with Crippen molar-refractivity contribution in [2.24, 2.45) is 5.92 Å². The van der Waals surface area contributed by atoms with Gasteiger partial charge in [0.1, 0.15) is 5.76 Å². The van der Waals surface area contributed by atoms with Gasteiger partial charge in [-0.15, -0.1) is 0 Å². The van der Waals surface area contributed by atoms with Gasteiger partial charge in [-0.25, -0.2) is 0 Å². The second-order valence-electron chi connectivity index (χ2n) is 6.32. The predicted octanol–water partition coefficient (Wildman–Crippen LogP) is 2.32. The van der Waals surface area contributed by atoms with Gasteiger partial charge in [0.05, 0.1) is 18.2 Å². The van der Waals surface area contributed by atoms with Crippen LogP contribution in [0.1, 0.15) is 41.1 Å².